The van der Waals surface area contributed by atoms with E-state index in [2.05, 4.69) is 11.8 Å². The number of hydrogen-bond acceptors (Lipinski definition) is 3. The van der Waals surface area contributed by atoms with Crippen molar-refractivity contribution < 1.29 is 9.21 Å². The van der Waals surface area contributed by atoms with Gasteiger partial charge in [0.1, 0.15) is 0 Å². The van der Waals surface area contributed by atoms with E-state index in [9.17, 15) is 4.79 Å². The highest BCUT2D eigenvalue weighted by molar-refractivity contribution is 5.93. The second kappa shape index (κ2) is 3.00. The summed E-state index contributed by atoms with van der Waals surface area (Å²) in [6.45, 7) is 6.47. The monoisotopic (exact) mass is 179 g/mol. The average Bonchev–Trinajstić information content (AvgIpc) is 2.59. The maximum absolute atomic E-state index is 11.1. The van der Waals surface area contributed by atoms with Crippen LogP contribution in [-0.2, 0) is 13.1 Å². The van der Waals surface area contributed by atoms with Crippen molar-refractivity contribution in [2.24, 2.45) is 0 Å². The van der Waals surface area contributed by atoms with Crippen LogP contribution in [0, 0.1) is 0 Å². The molecule has 0 saturated heterocycles. The summed E-state index contributed by atoms with van der Waals surface area (Å²) in [6, 6.07) is 0. The summed E-state index contributed by atoms with van der Waals surface area (Å²) < 4.78 is 5.22. The summed E-state index contributed by atoms with van der Waals surface area (Å²) in [4.78, 5) is 13.4. The van der Waals surface area contributed by atoms with Gasteiger partial charge in [0.25, 0.3) is 0 Å². The van der Waals surface area contributed by atoms with Crippen LogP contribution in [0.3, 0.4) is 0 Å². The zero-order chi connectivity index (χ0) is 9.42. The Hall–Kier alpha value is -1.09. The molecule has 2 heterocycles. The Morgan fingerprint density at radius 2 is 2.38 bits per heavy atom. The van der Waals surface area contributed by atoms with Crippen LogP contribution in [0.2, 0.25) is 0 Å². The van der Waals surface area contributed by atoms with Crippen LogP contribution in [-0.4, -0.2) is 17.2 Å². The van der Waals surface area contributed by atoms with Gasteiger partial charge in [-0.1, -0.05) is 6.92 Å². The molecular formula is C10H13NO2. The van der Waals surface area contributed by atoms with Crippen molar-refractivity contribution in [1.82, 2.24) is 4.90 Å². The van der Waals surface area contributed by atoms with Gasteiger partial charge >= 0.3 is 0 Å². The van der Waals surface area contributed by atoms with Crippen molar-refractivity contribution in [2.45, 2.75) is 26.9 Å². The molecule has 0 spiro atoms. The first kappa shape index (κ1) is 8.51. The summed E-state index contributed by atoms with van der Waals surface area (Å²) in [5.41, 5.74) is 2.27. The van der Waals surface area contributed by atoms with Gasteiger partial charge in [-0.3, -0.25) is 9.69 Å². The summed E-state index contributed by atoms with van der Waals surface area (Å²) in [5, 5.41) is 0. The normalized spacial score (nSPS) is 16.2. The van der Waals surface area contributed by atoms with Crippen LogP contribution < -0.4 is 0 Å². The van der Waals surface area contributed by atoms with E-state index < -0.39 is 0 Å². The molecule has 0 aliphatic carbocycles. The molecule has 0 atom stereocenters. The van der Waals surface area contributed by atoms with Crippen LogP contribution in [0.1, 0.15) is 35.5 Å². The van der Waals surface area contributed by atoms with Crippen molar-refractivity contribution in [2.75, 3.05) is 6.54 Å². The third kappa shape index (κ3) is 1.29. The summed E-state index contributed by atoms with van der Waals surface area (Å²) in [6.07, 6.45) is 1.71. The van der Waals surface area contributed by atoms with Gasteiger partial charge in [-0.05, 0) is 6.54 Å². The fraction of sp³-hybridized carbons (Fsp3) is 0.500. The van der Waals surface area contributed by atoms with Crippen molar-refractivity contribution in [3.8, 4) is 0 Å². The molecule has 0 amide bonds. The molecule has 1 aromatic rings. The van der Waals surface area contributed by atoms with E-state index in [1.807, 2.05) is 0 Å². The molecule has 1 aliphatic rings. The Kier molecular flexibility index (Phi) is 1.96. The third-order valence-corrected chi connectivity index (χ3v) is 2.52. The zero-order valence-electron chi connectivity index (χ0n) is 7.96. The lowest BCUT2D eigenvalue weighted by molar-refractivity contribution is 0.0984. The van der Waals surface area contributed by atoms with Gasteiger partial charge in [0.05, 0.1) is 6.26 Å². The molecule has 0 radical (unpaired) electrons. The van der Waals surface area contributed by atoms with Gasteiger partial charge < -0.3 is 4.42 Å². The number of carbonyl (C=O) groups is 1. The quantitative estimate of drug-likeness (QED) is 0.649. The highest BCUT2D eigenvalue weighted by Gasteiger charge is 2.25. The van der Waals surface area contributed by atoms with E-state index in [0.717, 1.165) is 25.2 Å². The lowest BCUT2D eigenvalue weighted by Crippen LogP contribution is -2.15. The Bertz CT molecular complexity index is 341. The molecule has 0 fully saturated rings. The summed E-state index contributed by atoms with van der Waals surface area (Å²) >= 11 is 0. The van der Waals surface area contributed by atoms with Crippen LogP contribution in [0.15, 0.2) is 10.7 Å². The van der Waals surface area contributed by atoms with Gasteiger partial charge in [0.2, 0.25) is 0 Å². The van der Waals surface area contributed by atoms with Gasteiger partial charge in [-0.2, -0.15) is 0 Å². The van der Waals surface area contributed by atoms with E-state index in [1.165, 1.54) is 5.56 Å². The topological polar surface area (TPSA) is 33.5 Å². The second-order valence-electron chi connectivity index (χ2n) is 3.43. The molecule has 0 unspecified atom stereocenters. The van der Waals surface area contributed by atoms with Crippen molar-refractivity contribution in [3.05, 3.63) is 23.2 Å². The Morgan fingerprint density at radius 3 is 3.00 bits per heavy atom. The van der Waals surface area contributed by atoms with E-state index in [0.29, 0.717) is 5.76 Å². The Labute approximate surface area is 77.3 Å². The number of carbonyl (C=O) groups excluding carboxylic acids is 1. The van der Waals surface area contributed by atoms with Crippen LogP contribution in [0.5, 0.6) is 0 Å². The molecule has 70 valence electrons. The molecule has 2 rings (SSSR count). The van der Waals surface area contributed by atoms with Gasteiger partial charge in [0, 0.05) is 31.1 Å². The fourth-order valence-corrected chi connectivity index (χ4v) is 1.76. The first-order chi connectivity index (χ1) is 6.22. The fourth-order valence-electron chi connectivity index (χ4n) is 1.76. The Morgan fingerprint density at radius 1 is 1.62 bits per heavy atom. The number of rotatable bonds is 2. The molecule has 1 aliphatic heterocycles. The maximum Gasteiger partial charge on any atom is 0.195 e. The van der Waals surface area contributed by atoms with Crippen LogP contribution in [0.4, 0.5) is 0 Å². The molecule has 0 bridgehead atoms. The number of furan rings is 1. The molecule has 3 heteroatoms. The molecular weight excluding hydrogens is 166 g/mol. The maximum atomic E-state index is 11.1. The Balaban J connectivity index is 2.32. The van der Waals surface area contributed by atoms with E-state index in [-0.39, 0.29) is 5.78 Å². The van der Waals surface area contributed by atoms with E-state index in [4.69, 9.17) is 4.42 Å². The van der Waals surface area contributed by atoms with Crippen molar-refractivity contribution >= 4 is 5.78 Å². The first-order valence-electron chi connectivity index (χ1n) is 4.55. The molecule has 0 N–H and O–H groups in total. The van der Waals surface area contributed by atoms with E-state index in [1.54, 1.807) is 13.2 Å². The van der Waals surface area contributed by atoms with Crippen molar-refractivity contribution in [3.63, 3.8) is 0 Å². The summed E-state index contributed by atoms with van der Waals surface area (Å²) in [7, 11) is 0. The minimum atomic E-state index is 0.0270. The second-order valence-corrected chi connectivity index (χ2v) is 3.43. The van der Waals surface area contributed by atoms with E-state index >= 15 is 0 Å². The summed E-state index contributed by atoms with van der Waals surface area (Å²) in [5.74, 6) is 0.574. The molecule has 0 saturated carbocycles. The SMILES string of the molecule is CCN1Cc2coc(C(C)=O)c2C1. The minimum absolute atomic E-state index is 0.0270. The molecule has 3 nitrogen and oxygen atoms in total. The number of fused-ring (bicyclic) bond motifs is 1. The van der Waals surface area contributed by atoms with Crippen LogP contribution >= 0.6 is 0 Å². The highest BCUT2D eigenvalue weighted by Crippen LogP contribution is 2.27. The van der Waals surface area contributed by atoms with Gasteiger partial charge in [0.15, 0.2) is 11.5 Å². The minimum Gasteiger partial charge on any atom is -0.461 e. The van der Waals surface area contributed by atoms with Crippen LogP contribution in [0.25, 0.3) is 0 Å². The zero-order valence-corrected chi connectivity index (χ0v) is 7.96. The lowest BCUT2D eigenvalue weighted by Gasteiger charge is -2.10. The number of Topliss-reactive ketones (excluding diaryl/α,β-unsaturated/α-hetero) is 1. The smallest absolute Gasteiger partial charge is 0.195 e. The predicted octanol–water partition coefficient (Wildman–Crippen LogP) is 1.82. The first-order valence-corrected chi connectivity index (χ1v) is 4.55. The number of ketones is 1. The highest BCUT2D eigenvalue weighted by atomic mass is 16.3. The van der Waals surface area contributed by atoms with Gasteiger partial charge in [-0.25, -0.2) is 0 Å². The number of nitrogens with zero attached hydrogens (tertiary/aromatic N) is 1. The standard InChI is InChI=1S/C10H13NO2/c1-3-11-4-8-6-13-10(7(2)12)9(8)5-11/h6H,3-5H2,1-2H3. The molecule has 1 aromatic heterocycles. The lowest BCUT2D eigenvalue weighted by atomic mass is 10.1. The van der Waals surface area contributed by atoms with Gasteiger partial charge in [-0.15, -0.1) is 0 Å². The third-order valence-electron chi connectivity index (χ3n) is 2.52. The molecule has 0 aromatic carbocycles. The molecule has 13 heavy (non-hydrogen) atoms. The number of hydrogen-bond donors (Lipinski definition) is 0. The predicted molar refractivity (Wildman–Crippen MR) is 48.5 cm³/mol. The largest absolute Gasteiger partial charge is 0.461 e. The average molecular weight is 179 g/mol. The van der Waals surface area contributed by atoms with Crippen molar-refractivity contribution in [1.29, 1.82) is 0 Å².